The van der Waals surface area contributed by atoms with E-state index in [1.807, 2.05) is 12.1 Å². The number of hydrogen-bond donors (Lipinski definition) is 0. The molecular formula is C19H24N8O2S2. The van der Waals surface area contributed by atoms with Crippen LogP contribution in [0.5, 0.6) is 0 Å². The molecule has 0 bridgehead atoms. The molecule has 3 aromatic rings. The molecule has 12 heteroatoms. The minimum absolute atomic E-state index is 0.225. The zero-order chi connectivity index (χ0) is 21.4. The second-order valence-corrected chi connectivity index (χ2v) is 10.3. The number of fused-ring (bicyclic) bond motifs is 1. The highest BCUT2D eigenvalue weighted by Gasteiger charge is 2.31. The van der Waals surface area contributed by atoms with Gasteiger partial charge in [0.05, 0.1) is 11.7 Å². The molecule has 0 amide bonds. The third-order valence-electron chi connectivity index (χ3n) is 5.89. The molecule has 0 unspecified atom stereocenters. The molecule has 4 heterocycles. The van der Waals surface area contributed by atoms with Crippen molar-refractivity contribution in [3.05, 3.63) is 30.3 Å². The molecule has 2 fully saturated rings. The van der Waals surface area contributed by atoms with Crippen molar-refractivity contribution in [1.29, 1.82) is 0 Å². The van der Waals surface area contributed by atoms with Crippen LogP contribution in [0, 0.1) is 0 Å². The summed E-state index contributed by atoms with van der Waals surface area (Å²) in [4.78, 5) is 6.85. The molecule has 1 aromatic carbocycles. The van der Waals surface area contributed by atoms with Crippen LogP contribution < -0.4 is 9.80 Å². The van der Waals surface area contributed by atoms with Gasteiger partial charge in [-0.05, 0) is 31.3 Å². The Labute approximate surface area is 185 Å². The third-order valence-corrected chi connectivity index (χ3v) is 8.37. The lowest BCUT2D eigenvalue weighted by atomic mass is 10.3. The van der Waals surface area contributed by atoms with Gasteiger partial charge in [-0.2, -0.15) is 13.1 Å². The second-order valence-electron chi connectivity index (χ2n) is 7.82. The number of nitrogens with zero attached hydrogens (tertiary/aromatic N) is 8. The van der Waals surface area contributed by atoms with E-state index in [4.69, 9.17) is 0 Å². The maximum absolute atomic E-state index is 13.2. The van der Waals surface area contributed by atoms with Crippen LogP contribution >= 0.6 is 11.7 Å². The molecule has 2 saturated heterocycles. The van der Waals surface area contributed by atoms with Crippen LogP contribution in [-0.4, -0.2) is 96.0 Å². The Balaban J connectivity index is 1.25. The minimum Gasteiger partial charge on any atom is -0.353 e. The minimum atomic E-state index is -3.63. The lowest BCUT2D eigenvalue weighted by Gasteiger charge is -2.35. The van der Waals surface area contributed by atoms with Gasteiger partial charge in [0.15, 0.2) is 11.6 Å². The third kappa shape index (κ3) is 3.95. The predicted molar refractivity (Wildman–Crippen MR) is 120 cm³/mol. The van der Waals surface area contributed by atoms with Crippen molar-refractivity contribution in [3.63, 3.8) is 0 Å². The normalized spacial score (nSPS) is 19.3. The van der Waals surface area contributed by atoms with E-state index in [1.165, 1.54) is 4.31 Å². The first-order chi connectivity index (χ1) is 15.0. The highest BCUT2D eigenvalue weighted by Crippen LogP contribution is 2.26. The standard InChI is InChI=1S/C19H24N8O2S2/c1-24-7-9-25(10-8-24)17-5-6-18(21-20-17)26-11-13-27(14-12-26)31(28,29)16-4-2-3-15-19(16)23-30-22-15/h2-6H,7-14H2,1H3. The van der Waals surface area contributed by atoms with Gasteiger partial charge in [0.1, 0.15) is 15.9 Å². The SMILES string of the molecule is CN1CCN(c2ccc(N3CCN(S(=O)(=O)c4cccc5nsnc45)CC3)nn2)CC1. The lowest BCUT2D eigenvalue weighted by Crippen LogP contribution is -2.49. The average molecular weight is 461 g/mol. The lowest BCUT2D eigenvalue weighted by molar-refractivity contribution is 0.312. The Morgan fingerprint density at radius 1 is 0.806 bits per heavy atom. The summed E-state index contributed by atoms with van der Waals surface area (Å²) < 4.78 is 36.2. The van der Waals surface area contributed by atoms with Gasteiger partial charge in [-0.3, -0.25) is 0 Å². The summed E-state index contributed by atoms with van der Waals surface area (Å²) in [5.41, 5.74) is 1.06. The van der Waals surface area contributed by atoms with E-state index in [1.54, 1.807) is 18.2 Å². The molecule has 0 radical (unpaired) electrons. The summed E-state index contributed by atoms with van der Waals surface area (Å²) in [5, 5.41) is 8.83. The Hall–Kier alpha value is -2.41. The number of rotatable bonds is 4. The van der Waals surface area contributed by atoms with Gasteiger partial charge in [-0.1, -0.05) is 6.07 Å². The van der Waals surface area contributed by atoms with Crippen LogP contribution in [0.1, 0.15) is 0 Å². The highest BCUT2D eigenvalue weighted by molar-refractivity contribution is 7.89. The fourth-order valence-electron chi connectivity index (χ4n) is 3.98. The maximum atomic E-state index is 13.2. The van der Waals surface area contributed by atoms with E-state index in [-0.39, 0.29) is 4.90 Å². The molecule has 0 atom stereocenters. The fraction of sp³-hybridized carbons (Fsp3) is 0.474. The van der Waals surface area contributed by atoms with Gasteiger partial charge in [-0.25, -0.2) is 8.42 Å². The molecule has 31 heavy (non-hydrogen) atoms. The molecule has 0 aliphatic carbocycles. The van der Waals surface area contributed by atoms with Crippen molar-refractivity contribution in [2.45, 2.75) is 4.90 Å². The summed E-state index contributed by atoms with van der Waals surface area (Å²) in [7, 11) is -1.50. The molecule has 2 aliphatic rings. The van der Waals surface area contributed by atoms with E-state index in [0.717, 1.165) is 49.5 Å². The molecule has 0 N–H and O–H groups in total. The van der Waals surface area contributed by atoms with Crippen molar-refractivity contribution in [2.75, 3.05) is 69.2 Å². The van der Waals surface area contributed by atoms with Gasteiger partial charge in [0.25, 0.3) is 0 Å². The van der Waals surface area contributed by atoms with Gasteiger partial charge in [0.2, 0.25) is 10.0 Å². The van der Waals surface area contributed by atoms with E-state index < -0.39 is 10.0 Å². The molecular weight excluding hydrogens is 436 g/mol. The highest BCUT2D eigenvalue weighted by atomic mass is 32.2. The average Bonchev–Trinajstić information content (AvgIpc) is 3.29. The van der Waals surface area contributed by atoms with E-state index in [9.17, 15) is 8.42 Å². The molecule has 5 rings (SSSR count). The topological polar surface area (TPSA) is 98.7 Å². The molecule has 10 nitrogen and oxygen atoms in total. The van der Waals surface area contributed by atoms with E-state index >= 15 is 0 Å². The van der Waals surface area contributed by atoms with Crippen molar-refractivity contribution < 1.29 is 8.42 Å². The molecule has 164 valence electrons. The number of anilines is 2. The maximum Gasteiger partial charge on any atom is 0.245 e. The van der Waals surface area contributed by atoms with Crippen LogP contribution in [0.4, 0.5) is 11.6 Å². The monoisotopic (exact) mass is 460 g/mol. The van der Waals surface area contributed by atoms with Gasteiger partial charge >= 0.3 is 0 Å². The Morgan fingerprint density at radius 2 is 1.42 bits per heavy atom. The number of aromatic nitrogens is 4. The molecule has 2 aliphatic heterocycles. The van der Waals surface area contributed by atoms with Gasteiger partial charge in [0, 0.05) is 52.4 Å². The van der Waals surface area contributed by atoms with Crippen LogP contribution in [-0.2, 0) is 10.0 Å². The summed E-state index contributed by atoms with van der Waals surface area (Å²) in [6.45, 7) is 5.83. The molecule has 0 saturated carbocycles. The molecule has 2 aromatic heterocycles. The van der Waals surface area contributed by atoms with Crippen molar-refractivity contribution in [1.82, 2.24) is 28.1 Å². The zero-order valence-electron chi connectivity index (χ0n) is 17.3. The van der Waals surface area contributed by atoms with Crippen molar-refractivity contribution in [2.24, 2.45) is 0 Å². The summed E-state index contributed by atoms with van der Waals surface area (Å²) in [6, 6.07) is 9.08. The first-order valence-electron chi connectivity index (χ1n) is 10.3. The fourth-order valence-corrected chi connectivity index (χ4v) is 6.15. The first-order valence-corrected chi connectivity index (χ1v) is 12.4. The predicted octanol–water partition coefficient (Wildman–Crippen LogP) is 0.744. The Kier molecular flexibility index (Phi) is 5.46. The van der Waals surface area contributed by atoms with E-state index in [0.29, 0.717) is 37.2 Å². The number of piperazine rings is 2. The van der Waals surface area contributed by atoms with E-state index in [2.05, 4.69) is 40.7 Å². The number of sulfonamides is 1. The zero-order valence-corrected chi connectivity index (χ0v) is 18.9. The first kappa shape index (κ1) is 20.5. The van der Waals surface area contributed by atoms with Crippen LogP contribution in [0.2, 0.25) is 0 Å². The largest absolute Gasteiger partial charge is 0.353 e. The Bertz CT molecular complexity index is 1150. The van der Waals surface area contributed by atoms with Crippen LogP contribution in [0.25, 0.3) is 11.0 Å². The summed E-state index contributed by atoms with van der Waals surface area (Å²) >= 11 is 1.03. The number of benzene rings is 1. The Morgan fingerprint density at radius 3 is 2.03 bits per heavy atom. The second kappa shape index (κ2) is 8.26. The van der Waals surface area contributed by atoms with Crippen molar-refractivity contribution >= 4 is 44.4 Å². The van der Waals surface area contributed by atoms with Crippen LogP contribution in [0.15, 0.2) is 35.2 Å². The number of hydrogen-bond acceptors (Lipinski definition) is 10. The van der Waals surface area contributed by atoms with Gasteiger partial charge < -0.3 is 14.7 Å². The van der Waals surface area contributed by atoms with Crippen molar-refractivity contribution in [3.8, 4) is 0 Å². The summed E-state index contributed by atoms with van der Waals surface area (Å²) in [6.07, 6.45) is 0. The number of likely N-dealkylation sites (N-methyl/N-ethyl adjacent to an activating group) is 1. The van der Waals surface area contributed by atoms with Crippen LogP contribution in [0.3, 0.4) is 0 Å². The van der Waals surface area contributed by atoms with Gasteiger partial charge in [-0.15, -0.1) is 10.2 Å². The molecule has 0 spiro atoms. The quantitative estimate of drug-likeness (QED) is 0.558. The summed E-state index contributed by atoms with van der Waals surface area (Å²) in [5.74, 6) is 1.67. The smallest absolute Gasteiger partial charge is 0.245 e.